The Hall–Kier alpha value is -3.22. The first-order valence-electron chi connectivity index (χ1n) is 9.78. The van der Waals surface area contributed by atoms with Gasteiger partial charge in [-0.3, -0.25) is 4.90 Å². The first kappa shape index (κ1) is 17.8. The van der Waals surface area contributed by atoms with Gasteiger partial charge >= 0.3 is 0 Å². The summed E-state index contributed by atoms with van der Waals surface area (Å²) in [5.41, 5.74) is 5.02. The maximum Gasteiger partial charge on any atom is 0.135 e. The van der Waals surface area contributed by atoms with Crippen LogP contribution in [0.15, 0.2) is 72.8 Å². The van der Waals surface area contributed by atoms with Gasteiger partial charge in [-0.2, -0.15) is 0 Å². The summed E-state index contributed by atoms with van der Waals surface area (Å²) in [5, 5.41) is 19.4. The van der Waals surface area contributed by atoms with Crippen LogP contribution in [0, 0.1) is 0 Å². The lowest BCUT2D eigenvalue weighted by Gasteiger charge is -2.33. The maximum atomic E-state index is 10.9. The Balaban J connectivity index is 1.30. The summed E-state index contributed by atoms with van der Waals surface area (Å²) in [5.74, 6) is 0.829. The van der Waals surface area contributed by atoms with Crippen molar-refractivity contribution in [1.82, 2.24) is 19.9 Å². The van der Waals surface area contributed by atoms with Crippen LogP contribution in [-0.4, -0.2) is 31.5 Å². The third-order valence-electron chi connectivity index (χ3n) is 5.39. The van der Waals surface area contributed by atoms with E-state index in [1.54, 1.807) is 0 Å². The van der Waals surface area contributed by atoms with E-state index >= 15 is 0 Å². The molecule has 1 aliphatic heterocycles. The monoisotopic (exact) mass is 386 g/mol. The number of nitrogens with zero attached hydrogens (tertiary/aromatic N) is 4. The fourth-order valence-electron chi connectivity index (χ4n) is 3.81. The molecule has 0 amide bonds. The molecule has 0 saturated carbocycles. The molecule has 1 N–H and O–H groups in total. The summed E-state index contributed by atoms with van der Waals surface area (Å²) in [7, 11) is 0. The zero-order chi connectivity index (χ0) is 19.6. The van der Waals surface area contributed by atoms with Crippen molar-refractivity contribution in [2.24, 2.45) is 0 Å². The van der Waals surface area contributed by atoms with Gasteiger partial charge in [0, 0.05) is 6.54 Å². The molecule has 5 rings (SSSR count). The largest absolute Gasteiger partial charge is 0.489 e. The van der Waals surface area contributed by atoms with E-state index in [4.69, 9.17) is 4.74 Å². The highest BCUT2D eigenvalue weighted by Crippen LogP contribution is 2.31. The van der Waals surface area contributed by atoms with Crippen LogP contribution < -0.4 is 4.74 Å². The van der Waals surface area contributed by atoms with Crippen molar-refractivity contribution in [3.05, 3.63) is 89.5 Å². The number of para-hydroxylation sites is 1. The lowest BCUT2D eigenvalue weighted by Crippen LogP contribution is -2.37. The summed E-state index contributed by atoms with van der Waals surface area (Å²) >= 11 is 0. The number of fused-ring (bicyclic) bond motifs is 2. The summed E-state index contributed by atoms with van der Waals surface area (Å²) in [6.45, 7) is 1.77. The summed E-state index contributed by atoms with van der Waals surface area (Å²) in [4.78, 5) is 2.01. The lowest BCUT2D eigenvalue weighted by molar-refractivity contribution is -0.0287. The summed E-state index contributed by atoms with van der Waals surface area (Å²) in [6, 6.07) is 23.9. The normalized spacial score (nSPS) is 16.7. The fraction of sp³-hybridized carbons (Fsp3) is 0.217. The maximum absolute atomic E-state index is 10.9. The molecular formula is C23H22N4O2. The summed E-state index contributed by atoms with van der Waals surface area (Å²) < 4.78 is 7.77. The Morgan fingerprint density at radius 2 is 1.83 bits per heavy atom. The number of aliphatic hydroxyl groups is 1. The van der Waals surface area contributed by atoms with Crippen molar-refractivity contribution in [1.29, 1.82) is 0 Å². The first-order valence-corrected chi connectivity index (χ1v) is 9.78. The third-order valence-corrected chi connectivity index (χ3v) is 5.39. The van der Waals surface area contributed by atoms with Crippen molar-refractivity contribution >= 4 is 11.0 Å². The number of hydrogen-bond donors (Lipinski definition) is 1. The van der Waals surface area contributed by atoms with Crippen LogP contribution in [0.3, 0.4) is 0 Å². The minimum atomic E-state index is -0.676. The average Bonchev–Trinajstić information content (AvgIpc) is 3.18. The minimum Gasteiger partial charge on any atom is -0.489 e. The van der Waals surface area contributed by atoms with Gasteiger partial charge in [0.1, 0.15) is 24.1 Å². The second kappa shape index (κ2) is 7.66. The van der Waals surface area contributed by atoms with Gasteiger partial charge < -0.3 is 9.84 Å². The number of aliphatic hydroxyl groups excluding tert-OH is 1. The van der Waals surface area contributed by atoms with E-state index in [9.17, 15) is 5.11 Å². The van der Waals surface area contributed by atoms with Gasteiger partial charge in [-0.05, 0) is 47.4 Å². The highest BCUT2D eigenvalue weighted by Gasteiger charge is 2.26. The Labute approximate surface area is 169 Å². The van der Waals surface area contributed by atoms with Crippen molar-refractivity contribution in [3.63, 3.8) is 0 Å². The van der Waals surface area contributed by atoms with Crippen LogP contribution in [0.2, 0.25) is 0 Å². The molecule has 2 heterocycles. The molecule has 29 heavy (non-hydrogen) atoms. The molecule has 1 aliphatic rings. The standard InChI is InChI=1S/C23H22N4O2/c28-23-20-11-10-19(29-15-17-6-2-1-3-7-17)14-18(20)12-13-26(23)16-27-22-9-5-4-8-21(22)24-25-27/h1-11,14,23,28H,12-13,15-16H2. The van der Waals surface area contributed by atoms with E-state index in [1.807, 2.05) is 82.4 Å². The molecule has 6 heteroatoms. The van der Waals surface area contributed by atoms with Gasteiger partial charge in [0.15, 0.2) is 0 Å². The predicted molar refractivity (Wildman–Crippen MR) is 110 cm³/mol. The SMILES string of the molecule is OC1c2ccc(OCc3ccccc3)cc2CCN1Cn1nnc2ccccc21. The van der Waals surface area contributed by atoms with Crippen molar-refractivity contribution < 1.29 is 9.84 Å². The van der Waals surface area contributed by atoms with Gasteiger partial charge in [0.05, 0.1) is 12.2 Å². The third kappa shape index (κ3) is 3.60. The molecule has 1 atom stereocenters. The van der Waals surface area contributed by atoms with E-state index in [0.29, 0.717) is 13.3 Å². The smallest absolute Gasteiger partial charge is 0.135 e. The number of aromatic nitrogens is 3. The molecule has 0 saturated heterocycles. The molecule has 0 spiro atoms. The van der Waals surface area contributed by atoms with Gasteiger partial charge in [0.25, 0.3) is 0 Å². The Bertz CT molecular complexity index is 1130. The van der Waals surface area contributed by atoms with Gasteiger partial charge in [0.2, 0.25) is 0 Å². The average molecular weight is 386 g/mol. The van der Waals surface area contributed by atoms with Crippen molar-refractivity contribution in [2.75, 3.05) is 6.54 Å². The van der Waals surface area contributed by atoms with Crippen LogP contribution in [0.4, 0.5) is 0 Å². The molecule has 0 fully saturated rings. The number of ether oxygens (including phenoxy) is 1. The van der Waals surface area contributed by atoms with Crippen LogP contribution in [-0.2, 0) is 19.7 Å². The van der Waals surface area contributed by atoms with E-state index in [0.717, 1.165) is 46.4 Å². The fourth-order valence-corrected chi connectivity index (χ4v) is 3.81. The van der Waals surface area contributed by atoms with Crippen LogP contribution in [0.25, 0.3) is 11.0 Å². The molecule has 3 aromatic carbocycles. The molecule has 1 aromatic heterocycles. The molecule has 6 nitrogen and oxygen atoms in total. The van der Waals surface area contributed by atoms with E-state index in [1.165, 1.54) is 0 Å². The zero-order valence-corrected chi connectivity index (χ0v) is 16.0. The van der Waals surface area contributed by atoms with Crippen LogP contribution >= 0.6 is 0 Å². The van der Waals surface area contributed by atoms with E-state index < -0.39 is 6.23 Å². The van der Waals surface area contributed by atoms with Crippen molar-refractivity contribution in [3.8, 4) is 5.75 Å². The molecule has 0 radical (unpaired) electrons. The highest BCUT2D eigenvalue weighted by atomic mass is 16.5. The number of hydrogen-bond acceptors (Lipinski definition) is 5. The lowest BCUT2D eigenvalue weighted by atomic mass is 9.98. The van der Waals surface area contributed by atoms with Gasteiger partial charge in [-0.25, -0.2) is 4.68 Å². The van der Waals surface area contributed by atoms with Crippen LogP contribution in [0.1, 0.15) is 22.9 Å². The predicted octanol–water partition coefficient (Wildman–Crippen LogP) is 3.52. The van der Waals surface area contributed by atoms with Gasteiger partial charge in [-0.15, -0.1) is 5.10 Å². The molecular weight excluding hydrogens is 364 g/mol. The van der Waals surface area contributed by atoms with E-state index in [-0.39, 0.29) is 0 Å². The number of rotatable bonds is 5. The molecule has 0 bridgehead atoms. The first-order chi connectivity index (χ1) is 14.3. The molecule has 4 aromatic rings. The quantitative estimate of drug-likeness (QED) is 0.569. The Morgan fingerprint density at radius 1 is 1.00 bits per heavy atom. The van der Waals surface area contributed by atoms with Gasteiger partial charge in [-0.1, -0.05) is 53.7 Å². The summed E-state index contributed by atoms with van der Waals surface area (Å²) in [6.07, 6.45) is 0.173. The molecule has 146 valence electrons. The zero-order valence-electron chi connectivity index (χ0n) is 16.0. The highest BCUT2D eigenvalue weighted by molar-refractivity contribution is 5.73. The topological polar surface area (TPSA) is 63.4 Å². The molecule has 0 aliphatic carbocycles. The van der Waals surface area contributed by atoms with E-state index in [2.05, 4.69) is 10.3 Å². The van der Waals surface area contributed by atoms with Crippen molar-refractivity contribution in [2.45, 2.75) is 25.9 Å². The second-order valence-electron chi connectivity index (χ2n) is 7.29. The number of benzene rings is 3. The van der Waals surface area contributed by atoms with Crippen LogP contribution in [0.5, 0.6) is 5.75 Å². The Kier molecular flexibility index (Phi) is 4.71. The Morgan fingerprint density at radius 3 is 2.72 bits per heavy atom. The minimum absolute atomic E-state index is 0.493. The second-order valence-corrected chi connectivity index (χ2v) is 7.29. The molecule has 1 unspecified atom stereocenters.